The summed E-state index contributed by atoms with van der Waals surface area (Å²) in [6, 6.07) is -8.47. The van der Waals surface area contributed by atoms with Gasteiger partial charge in [0, 0.05) is 0 Å². The van der Waals surface area contributed by atoms with E-state index in [1.165, 1.54) is 0 Å². The summed E-state index contributed by atoms with van der Waals surface area (Å²) >= 11 is 0. The molecule has 41 heavy (non-hydrogen) atoms. The van der Waals surface area contributed by atoms with Crippen LogP contribution in [0.1, 0.15) is 0 Å². The van der Waals surface area contributed by atoms with Gasteiger partial charge in [-0.15, -0.1) is 0 Å². The monoisotopic (exact) mass is 676 g/mol. The Morgan fingerprint density at radius 2 is 0.537 bits per heavy atom. The molecule has 0 aromatic heterocycles. The van der Waals surface area contributed by atoms with Gasteiger partial charge >= 0.3 is 78.6 Å². The molecule has 4 nitrogen and oxygen atoms in total. The maximum atomic E-state index is 14.0. The fourth-order valence-electron chi connectivity index (χ4n) is 2.01. The van der Waals surface area contributed by atoms with Gasteiger partial charge in [0.2, 0.25) is 0 Å². The van der Waals surface area contributed by atoms with Crippen LogP contribution >= 0.6 is 0 Å². The van der Waals surface area contributed by atoms with Crippen molar-refractivity contribution in [2.75, 3.05) is 0 Å². The SMILES string of the molecule is FC(F)=C(F)OC(F)(F)C(F)(F)OC(F)(F)C(C(F)(F)F)(C(F)(F)F)C(F)(F)OC(F)(F)C(F)(F)OC(F)=C(F)F. The van der Waals surface area contributed by atoms with E-state index in [2.05, 4.69) is 0 Å². The summed E-state index contributed by atoms with van der Waals surface area (Å²) in [6.07, 6.45) is -75.6. The van der Waals surface area contributed by atoms with Gasteiger partial charge in [-0.2, -0.15) is 105 Å². The maximum absolute atomic E-state index is 14.0. The summed E-state index contributed by atoms with van der Waals surface area (Å²) in [5.41, 5.74) is -9.28. The molecule has 0 heterocycles. The Kier molecular flexibility index (Phi) is 10.2. The Morgan fingerprint density at radius 3 is 0.707 bits per heavy atom. The second kappa shape index (κ2) is 10.9. The highest BCUT2D eigenvalue weighted by atomic mass is 19.4. The number of hydrogen-bond donors (Lipinski definition) is 0. The molecule has 244 valence electrons. The number of halogens is 24. The molecule has 0 rings (SSSR count). The number of rotatable bonds is 12. The van der Waals surface area contributed by atoms with Crippen LogP contribution in [0.5, 0.6) is 0 Å². The van der Waals surface area contributed by atoms with E-state index >= 15 is 0 Å². The van der Waals surface area contributed by atoms with Crippen molar-refractivity contribution in [3.05, 3.63) is 24.2 Å². The summed E-state index contributed by atoms with van der Waals surface area (Å²) < 4.78 is 317. The molecule has 0 amide bonds. The highest BCUT2D eigenvalue weighted by Gasteiger charge is 2.97. The lowest BCUT2D eigenvalue weighted by Crippen LogP contribution is -2.74. The molecule has 28 heteroatoms. The number of alkyl halides is 18. The van der Waals surface area contributed by atoms with Crippen molar-refractivity contribution < 1.29 is 124 Å². The minimum absolute atomic E-state index is 1.07. The molecule has 0 saturated carbocycles. The van der Waals surface area contributed by atoms with Crippen LogP contribution in [-0.2, 0) is 18.9 Å². The van der Waals surface area contributed by atoms with Gasteiger partial charge in [-0.25, -0.2) is 9.47 Å². The molecule has 0 aromatic carbocycles. The Bertz CT molecular complexity index is 916. The highest BCUT2D eigenvalue weighted by molar-refractivity contribution is 5.07. The fourth-order valence-corrected chi connectivity index (χ4v) is 2.01. The minimum atomic E-state index is -9.28. The van der Waals surface area contributed by atoms with E-state index < -0.39 is 78.6 Å². The van der Waals surface area contributed by atoms with Crippen molar-refractivity contribution in [3.8, 4) is 0 Å². The third-order valence-corrected chi connectivity index (χ3v) is 3.65. The lowest BCUT2D eigenvalue weighted by Gasteiger charge is -2.46. The van der Waals surface area contributed by atoms with E-state index in [0.717, 1.165) is 9.47 Å². The zero-order chi connectivity index (χ0) is 33.6. The summed E-state index contributed by atoms with van der Waals surface area (Å²) in [4.78, 5) is 0. The van der Waals surface area contributed by atoms with Gasteiger partial charge in [0.15, 0.2) is 0 Å². The first-order valence-electron chi connectivity index (χ1n) is 8.17. The normalized spacial score (nSPS) is 15.0. The molecule has 0 aliphatic heterocycles. The highest BCUT2D eigenvalue weighted by Crippen LogP contribution is 2.68. The van der Waals surface area contributed by atoms with Gasteiger partial charge in [0.25, 0.3) is 0 Å². The Morgan fingerprint density at radius 1 is 0.317 bits per heavy atom. The van der Waals surface area contributed by atoms with Gasteiger partial charge < -0.3 is 9.47 Å². The molecule has 0 radical (unpaired) electrons. The Balaban J connectivity index is 7.34. The van der Waals surface area contributed by atoms with Crippen LogP contribution in [0.4, 0.5) is 105 Å². The molecule has 0 aliphatic carbocycles. The molecule has 0 bridgehead atoms. The summed E-state index contributed by atoms with van der Waals surface area (Å²) in [5.74, 6) is 0. The predicted molar refractivity (Wildman–Crippen MR) is 69.3 cm³/mol. The third-order valence-electron chi connectivity index (χ3n) is 3.65. The first kappa shape index (κ1) is 38.3. The third kappa shape index (κ3) is 7.04. The van der Waals surface area contributed by atoms with Gasteiger partial charge in [-0.1, -0.05) is 0 Å². The summed E-state index contributed by atoms with van der Waals surface area (Å²) in [5, 5.41) is 0. The average Bonchev–Trinajstić information content (AvgIpc) is 2.61. The van der Waals surface area contributed by atoms with E-state index in [0.29, 0.717) is 0 Å². The molecular formula is C13F24O4. The van der Waals surface area contributed by atoms with Crippen molar-refractivity contribution in [2.24, 2.45) is 5.41 Å². The number of hydrogen-bond acceptors (Lipinski definition) is 4. The van der Waals surface area contributed by atoms with Crippen LogP contribution in [0.2, 0.25) is 0 Å². The van der Waals surface area contributed by atoms with Gasteiger partial charge in [0.05, 0.1) is 0 Å². The fraction of sp³-hybridized carbons (Fsp3) is 0.692. The molecular weight excluding hydrogens is 676 g/mol. The summed E-state index contributed by atoms with van der Waals surface area (Å²) in [7, 11) is 0. The first-order valence-corrected chi connectivity index (χ1v) is 8.17. The van der Waals surface area contributed by atoms with Crippen LogP contribution in [-0.4, -0.2) is 49.0 Å². The molecule has 0 saturated heterocycles. The quantitative estimate of drug-likeness (QED) is 0.153. The van der Waals surface area contributed by atoms with Gasteiger partial charge in [0.1, 0.15) is 0 Å². The zero-order valence-electron chi connectivity index (χ0n) is 17.2. The van der Waals surface area contributed by atoms with Crippen molar-refractivity contribution in [1.29, 1.82) is 0 Å². The zero-order valence-corrected chi connectivity index (χ0v) is 17.2. The van der Waals surface area contributed by atoms with E-state index in [-0.39, 0.29) is 0 Å². The molecule has 0 aliphatic rings. The van der Waals surface area contributed by atoms with Crippen LogP contribution in [0, 0.1) is 5.41 Å². The summed E-state index contributed by atoms with van der Waals surface area (Å²) in [6.45, 7) is 0. The number of ether oxygens (including phenoxy) is 4. The smallest absolute Gasteiger partial charge is 0.396 e. The van der Waals surface area contributed by atoms with E-state index in [9.17, 15) is 105 Å². The van der Waals surface area contributed by atoms with Crippen molar-refractivity contribution in [1.82, 2.24) is 0 Å². The van der Waals surface area contributed by atoms with Gasteiger partial charge in [-0.3, -0.25) is 0 Å². The van der Waals surface area contributed by atoms with Crippen molar-refractivity contribution in [3.63, 3.8) is 0 Å². The standard InChI is InChI=1S/C13F24O4/c14-1(15)3(18)38-10(30,31)12(34,35)40-8(26,27)5(6(20,21)22,7(23,24)25)9(28,29)41-13(36,37)11(32,33)39-4(19)2(16)17. The Hall–Kier alpha value is -2.68. The second-order valence-corrected chi connectivity index (χ2v) is 6.32. The van der Waals surface area contributed by atoms with Crippen LogP contribution in [0.25, 0.3) is 0 Å². The van der Waals surface area contributed by atoms with E-state index in [1.807, 2.05) is 0 Å². The lowest BCUT2D eigenvalue weighted by atomic mass is 9.82. The molecule has 0 unspecified atom stereocenters. The lowest BCUT2D eigenvalue weighted by molar-refractivity contribution is -0.592. The molecule has 0 spiro atoms. The van der Waals surface area contributed by atoms with E-state index in [1.54, 1.807) is 9.47 Å². The largest absolute Gasteiger partial charge is 0.496 e. The molecule has 0 aromatic rings. The predicted octanol–water partition coefficient (Wildman–Crippen LogP) is 8.79. The van der Waals surface area contributed by atoms with Crippen molar-refractivity contribution in [2.45, 2.75) is 49.0 Å². The average molecular weight is 676 g/mol. The molecule has 0 fully saturated rings. The minimum Gasteiger partial charge on any atom is -0.396 e. The van der Waals surface area contributed by atoms with Crippen molar-refractivity contribution >= 4 is 0 Å². The van der Waals surface area contributed by atoms with Gasteiger partial charge in [-0.05, 0) is 0 Å². The van der Waals surface area contributed by atoms with E-state index in [4.69, 9.17) is 0 Å². The second-order valence-electron chi connectivity index (χ2n) is 6.32. The topological polar surface area (TPSA) is 36.9 Å². The van der Waals surface area contributed by atoms with Crippen LogP contribution < -0.4 is 0 Å². The Labute approximate surface area is 204 Å². The van der Waals surface area contributed by atoms with Crippen LogP contribution in [0.15, 0.2) is 24.2 Å². The molecule has 0 N–H and O–H groups in total. The first-order chi connectivity index (χ1) is 17.6. The maximum Gasteiger partial charge on any atom is 0.496 e. The van der Waals surface area contributed by atoms with Crippen LogP contribution in [0.3, 0.4) is 0 Å². The molecule has 0 atom stereocenters.